The summed E-state index contributed by atoms with van der Waals surface area (Å²) in [5.41, 5.74) is 0. The molecule has 0 aromatic rings. The standard InChI is InChI=1S/C59H112O12S/c1-3-5-7-9-11-13-15-17-19-21-23-25-26-27-29-31-33-35-37-39-41-43-45-47-49-67-51-53(52-68-59-57(63)58(71-72(64,65)66)56(62)54(50-60)70-59)69-55(61)48-46-44-42-40-38-36-34-32-30-28-24-22-20-18-16-14-12-10-8-6-4-2/h16,18,22,24,53-54,56-60,62-63H,3-15,17,19-21,23,25-52H2,1-2H3,(H,64,65,66)/b18-16-,24-22-. The van der Waals surface area contributed by atoms with Crippen molar-refractivity contribution in [3.63, 3.8) is 0 Å². The van der Waals surface area contributed by atoms with Gasteiger partial charge >= 0.3 is 16.4 Å². The summed E-state index contributed by atoms with van der Waals surface area (Å²) in [6, 6.07) is 0. The van der Waals surface area contributed by atoms with Gasteiger partial charge in [0.05, 0.1) is 19.8 Å². The van der Waals surface area contributed by atoms with E-state index in [2.05, 4.69) is 42.3 Å². The van der Waals surface area contributed by atoms with E-state index < -0.39 is 59.8 Å². The summed E-state index contributed by atoms with van der Waals surface area (Å²) in [4.78, 5) is 13.0. The van der Waals surface area contributed by atoms with Gasteiger partial charge in [0, 0.05) is 13.0 Å². The van der Waals surface area contributed by atoms with Crippen molar-refractivity contribution in [1.82, 2.24) is 0 Å². The second-order valence-corrected chi connectivity index (χ2v) is 22.0. The highest BCUT2D eigenvalue weighted by atomic mass is 32.3. The zero-order valence-corrected chi connectivity index (χ0v) is 47.1. The third-order valence-corrected chi connectivity index (χ3v) is 14.5. The molecule has 0 spiro atoms. The molecule has 72 heavy (non-hydrogen) atoms. The molecular weight excluding hydrogens is 933 g/mol. The first-order valence-electron chi connectivity index (χ1n) is 30.1. The van der Waals surface area contributed by atoms with E-state index in [9.17, 15) is 33.1 Å². The van der Waals surface area contributed by atoms with E-state index in [4.69, 9.17) is 18.9 Å². The largest absolute Gasteiger partial charge is 0.457 e. The first kappa shape index (κ1) is 68.6. The fourth-order valence-corrected chi connectivity index (χ4v) is 10.0. The second kappa shape index (κ2) is 50.4. The minimum absolute atomic E-state index is 0.0395. The Morgan fingerprint density at radius 3 is 1.32 bits per heavy atom. The van der Waals surface area contributed by atoms with Gasteiger partial charge in [-0.15, -0.1) is 0 Å². The van der Waals surface area contributed by atoms with Gasteiger partial charge in [-0.3, -0.25) is 9.35 Å². The Labute approximate surface area is 441 Å². The fourth-order valence-electron chi connectivity index (χ4n) is 9.53. The van der Waals surface area contributed by atoms with Gasteiger partial charge in [0.15, 0.2) is 6.29 Å². The van der Waals surface area contributed by atoms with Crippen LogP contribution in [0.5, 0.6) is 0 Å². The van der Waals surface area contributed by atoms with Crippen LogP contribution >= 0.6 is 0 Å². The van der Waals surface area contributed by atoms with Gasteiger partial charge in [0.1, 0.15) is 30.5 Å². The SMILES string of the molecule is CCCCCCC/C=C\C/C=C\CCCCCCCCCCCC(=O)OC(COCCCCCCCCCCCCCCCCCCCCCCCCCC)COC1OC(CO)C(O)C(OS(=O)(=O)O)C1O. The molecule has 0 aromatic heterocycles. The van der Waals surface area contributed by atoms with Gasteiger partial charge in [0.2, 0.25) is 0 Å². The molecule has 0 amide bonds. The van der Waals surface area contributed by atoms with Crippen molar-refractivity contribution in [2.45, 2.75) is 320 Å². The van der Waals surface area contributed by atoms with E-state index in [-0.39, 0.29) is 19.6 Å². The number of hydrogen-bond acceptors (Lipinski definition) is 11. The van der Waals surface area contributed by atoms with E-state index in [1.807, 2.05) is 0 Å². The van der Waals surface area contributed by atoms with E-state index in [1.165, 1.54) is 205 Å². The molecule has 0 radical (unpaired) electrons. The zero-order chi connectivity index (χ0) is 52.4. The molecule has 6 unspecified atom stereocenters. The molecule has 1 saturated heterocycles. The monoisotopic (exact) mass is 1040 g/mol. The van der Waals surface area contributed by atoms with Crippen LogP contribution in [0.4, 0.5) is 0 Å². The molecule has 0 aromatic carbocycles. The average Bonchev–Trinajstić information content (AvgIpc) is 3.36. The molecule has 13 heteroatoms. The predicted octanol–water partition coefficient (Wildman–Crippen LogP) is 15.1. The van der Waals surface area contributed by atoms with E-state index in [1.54, 1.807) is 0 Å². The Morgan fingerprint density at radius 2 is 0.917 bits per heavy atom. The third-order valence-electron chi connectivity index (χ3n) is 14.1. The molecule has 0 saturated carbocycles. The Balaban J connectivity index is 2.27. The maximum Gasteiger partial charge on any atom is 0.397 e. The maximum absolute atomic E-state index is 13.0. The van der Waals surface area contributed by atoms with Crippen molar-refractivity contribution in [3.8, 4) is 0 Å². The van der Waals surface area contributed by atoms with Crippen molar-refractivity contribution >= 4 is 16.4 Å². The van der Waals surface area contributed by atoms with Gasteiger partial charge in [-0.2, -0.15) is 8.42 Å². The zero-order valence-electron chi connectivity index (χ0n) is 46.3. The summed E-state index contributed by atoms with van der Waals surface area (Å²) < 4.78 is 59.5. The average molecular weight is 1050 g/mol. The van der Waals surface area contributed by atoms with Crippen LogP contribution in [0.3, 0.4) is 0 Å². The third kappa shape index (κ3) is 42.8. The normalized spacial score (nSPS) is 19.0. The number of aliphatic hydroxyl groups is 3. The number of ether oxygens (including phenoxy) is 4. The van der Waals surface area contributed by atoms with Crippen LogP contribution in [0.1, 0.15) is 284 Å². The smallest absolute Gasteiger partial charge is 0.397 e. The highest BCUT2D eigenvalue weighted by Crippen LogP contribution is 2.26. The van der Waals surface area contributed by atoms with E-state index >= 15 is 0 Å². The van der Waals surface area contributed by atoms with Crippen LogP contribution in [-0.4, -0.2) is 97.5 Å². The molecule has 0 aliphatic carbocycles. The Kier molecular flexibility index (Phi) is 48.0. The van der Waals surface area contributed by atoms with Gasteiger partial charge in [-0.1, -0.05) is 256 Å². The topological polar surface area (TPSA) is 178 Å². The Hall–Kier alpha value is -1.42. The minimum atomic E-state index is -5.07. The molecular formula is C59H112O12S. The highest BCUT2D eigenvalue weighted by molar-refractivity contribution is 7.80. The van der Waals surface area contributed by atoms with Crippen molar-refractivity contribution in [2.24, 2.45) is 0 Å². The molecule has 1 aliphatic heterocycles. The molecule has 1 heterocycles. The van der Waals surface area contributed by atoms with Gasteiger partial charge in [-0.05, 0) is 44.9 Å². The quantitative estimate of drug-likeness (QED) is 0.0196. The number of rotatable bonds is 54. The van der Waals surface area contributed by atoms with Gasteiger partial charge in [-0.25, -0.2) is 4.18 Å². The molecule has 1 fully saturated rings. The predicted molar refractivity (Wildman–Crippen MR) is 294 cm³/mol. The van der Waals surface area contributed by atoms with Crippen LogP contribution in [0.2, 0.25) is 0 Å². The van der Waals surface area contributed by atoms with Crippen molar-refractivity contribution in [3.05, 3.63) is 24.3 Å². The maximum atomic E-state index is 13.0. The number of carbonyl (C=O) groups is 1. The van der Waals surface area contributed by atoms with Crippen LogP contribution in [0.15, 0.2) is 24.3 Å². The molecule has 1 aliphatic rings. The fraction of sp³-hybridized carbons (Fsp3) is 0.915. The van der Waals surface area contributed by atoms with Crippen LogP contribution in [0, 0.1) is 0 Å². The van der Waals surface area contributed by atoms with E-state index in [0.29, 0.717) is 13.0 Å². The molecule has 12 nitrogen and oxygen atoms in total. The highest BCUT2D eigenvalue weighted by Gasteiger charge is 2.48. The number of aliphatic hydroxyl groups excluding tert-OH is 3. The van der Waals surface area contributed by atoms with Crippen LogP contribution in [-0.2, 0) is 38.3 Å². The van der Waals surface area contributed by atoms with Gasteiger partial charge < -0.3 is 34.3 Å². The minimum Gasteiger partial charge on any atom is -0.457 e. The first-order valence-corrected chi connectivity index (χ1v) is 31.5. The van der Waals surface area contributed by atoms with E-state index in [0.717, 1.165) is 51.4 Å². The molecule has 4 N–H and O–H groups in total. The summed E-state index contributed by atoms with van der Waals surface area (Å²) in [5.74, 6) is -0.397. The number of hydrogen-bond donors (Lipinski definition) is 4. The molecule has 426 valence electrons. The van der Waals surface area contributed by atoms with Crippen molar-refractivity contribution < 1.29 is 56.2 Å². The van der Waals surface area contributed by atoms with Crippen molar-refractivity contribution in [1.29, 1.82) is 0 Å². The summed E-state index contributed by atoms with van der Waals surface area (Å²) in [7, 11) is -5.07. The number of unbranched alkanes of at least 4 members (excludes halogenated alkanes) is 37. The van der Waals surface area contributed by atoms with Crippen LogP contribution in [0.25, 0.3) is 0 Å². The van der Waals surface area contributed by atoms with Gasteiger partial charge in [0.25, 0.3) is 0 Å². The Morgan fingerprint density at radius 1 is 0.528 bits per heavy atom. The lowest BCUT2D eigenvalue weighted by atomic mass is 9.99. The second-order valence-electron chi connectivity index (χ2n) is 20.9. The lowest BCUT2D eigenvalue weighted by Gasteiger charge is -2.41. The van der Waals surface area contributed by atoms with Crippen molar-refractivity contribution in [2.75, 3.05) is 26.4 Å². The molecule has 0 bridgehead atoms. The lowest BCUT2D eigenvalue weighted by molar-refractivity contribution is -0.301. The number of esters is 1. The first-order chi connectivity index (χ1) is 35.1. The van der Waals surface area contributed by atoms with Crippen LogP contribution < -0.4 is 0 Å². The summed E-state index contributed by atoms with van der Waals surface area (Å²) in [6.07, 6.45) is 52.2. The summed E-state index contributed by atoms with van der Waals surface area (Å²) in [5, 5.41) is 30.9. The molecule has 1 rings (SSSR count). The number of allylic oxidation sites excluding steroid dienone is 4. The lowest BCUT2D eigenvalue weighted by Crippen LogP contribution is -2.60. The summed E-state index contributed by atoms with van der Waals surface area (Å²) >= 11 is 0. The molecule has 6 atom stereocenters. The Bertz CT molecular complexity index is 1340. The number of carbonyl (C=O) groups excluding carboxylic acids is 1. The summed E-state index contributed by atoms with van der Waals surface area (Å²) in [6.45, 7) is 4.05.